The van der Waals surface area contributed by atoms with Crippen molar-refractivity contribution in [1.82, 2.24) is 0 Å². The van der Waals surface area contributed by atoms with Crippen molar-refractivity contribution >= 4 is 33.3 Å². The standard InChI is InChI=1S/C17H18ClNO4S/c1-12(2)23-17(20)13-6-4-9-16(10-13)24(21,22)19(3)15-8-5-7-14(18)11-15/h4-12H,1-3H3. The van der Waals surface area contributed by atoms with E-state index in [1.165, 1.54) is 31.3 Å². The van der Waals surface area contributed by atoms with Crippen LogP contribution >= 0.6 is 11.6 Å². The molecule has 0 unspecified atom stereocenters. The van der Waals surface area contributed by atoms with Crippen molar-refractivity contribution in [2.45, 2.75) is 24.8 Å². The first-order chi connectivity index (χ1) is 11.2. The van der Waals surface area contributed by atoms with Gasteiger partial charge < -0.3 is 4.74 Å². The third-order valence-electron chi connectivity index (χ3n) is 3.24. The molecule has 2 rings (SSSR count). The number of hydrogen-bond acceptors (Lipinski definition) is 4. The molecule has 0 bridgehead atoms. The van der Waals surface area contributed by atoms with Crippen molar-refractivity contribution in [3.05, 3.63) is 59.1 Å². The molecule has 0 aliphatic carbocycles. The highest BCUT2D eigenvalue weighted by atomic mass is 35.5. The zero-order chi connectivity index (χ0) is 17.9. The highest BCUT2D eigenvalue weighted by molar-refractivity contribution is 7.92. The molecule has 24 heavy (non-hydrogen) atoms. The van der Waals surface area contributed by atoms with Crippen LogP contribution in [0.15, 0.2) is 53.4 Å². The molecule has 2 aromatic carbocycles. The monoisotopic (exact) mass is 367 g/mol. The van der Waals surface area contributed by atoms with Gasteiger partial charge in [-0.2, -0.15) is 0 Å². The van der Waals surface area contributed by atoms with Crippen LogP contribution in [0.2, 0.25) is 5.02 Å². The lowest BCUT2D eigenvalue weighted by Crippen LogP contribution is -2.26. The maximum Gasteiger partial charge on any atom is 0.338 e. The minimum absolute atomic E-state index is 0.00295. The number of esters is 1. The second kappa shape index (κ2) is 7.23. The molecule has 0 saturated heterocycles. The summed E-state index contributed by atoms with van der Waals surface area (Å²) in [6, 6.07) is 12.3. The number of nitrogens with zero attached hydrogens (tertiary/aromatic N) is 1. The first kappa shape index (κ1) is 18.3. The molecule has 0 heterocycles. The number of halogens is 1. The number of anilines is 1. The fourth-order valence-corrected chi connectivity index (χ4v) is 3.45. The Bertz CT molecular complexity index is 849. The minimum atomic E-state index is -3.83. The third kappa shape index (κ3) is 4.07. The Labute approximate surface area is 146 Å². The normalized spacial score (nSPS) is 11.4. The molecule has 0 aromatic heterocycles. The summed E-state index contributed by atoms with van der Waals surface area (Å²) in [4.78, 5) is 12.0. The molecule has 0 radical (unpaired) electrons. The van der Waals surface area contributed by atoms with Crippen LogP contribution in [-0.2, 0) is 14.8 Å². The largest absolute Gasteiger partial charge is 0.459 e. The van der Waals surface area contributed by atoms with E-state index in [1.54, 1.807) is 38.1 Å². The number of rotatable bonds is 5. The summed E-state index contributed by atoms with van der Waals surface area (Å²) in [5.41, 5.74) is 0.613. The van der Waals surface area contributed by atoms with Crippen LogP contribution in [0.3, 0.4) is 0 Å². The molecule has 0 saturated carbocycles. The molecule has 0 atom stereocenters. The zero-order valence-electron chi connectivity index (χ0n) is 13.6. The van der Waals surface area contributed by atoms with E-state index in [9.17, 15) is 13.2 Å². The van der Waals surface area contributed by atoms with Gasteiger partial charge in [-0.05, 0) is 50.2 Å². The van der Waals surface area contributed by atoms with Gasteiger partial charge in [0, 0.05) is 12.1 Å². The molecule has 2 aromatic rings. The second-order valence-corrected chi connectivity index (χ2v) is 7.84. The van der Waals surface area contributed by atoms with Gasteiger partial charge in [0.05, 0.1) is 22.3 Å². The van der Waals surface area contributed by atoms with Crippen LogP contribution in [0.4, 0.5) is 5.69 Å². The lowest BCUT2D eigenvalue weighted by molar-refractivity contribution is 0.0377. The van der Waals surface area contributed by atoms with Crippen molar-refractivity contribution < 1.29 is 17.9 Å². The summed E-state index contributed by atoms with van der Waals surface area (Å²) < 4.78 is 31.8. The van der Waals surface area contributed by atoms with Crippen molar-refractivity contribution in [2.75, 3.05) is 11.4 Å². The van der Waals surface area contributed by atoms with Gasteiger partial charge >= 0.3 is 5.97 Å². The van der Waals surface area contributed by atoms with E-state index in [2.05, 4.69) is 0 Å². The van der Waals surface area contributed by atoms with Crippen molar-refractivity contribution in [2.24, 2.45) is 0 Å². The van der Waals surface area contributed by atoms with E-state index >= 15 is 0 Å². The molecule has 128 valence electrons. The van der Waals surface area contributed by atoms with E-state index in [0.717, 1.165) is 4.31 Å². The van der Waals surface area contributed by atoms with Gasteiger partial charge in [0.1, 0.15) is 0 Å². The average Bonchev–Trinajstić information content (AvgIpc) is 2.53. The molecule has 0 fully saturated rings. The van der Waals surface area contributed by atoms with Crippen LogP contribution in [0.25, 0.3) is 0 Å². The van der Waals surface area contributed by atoms with Gasteiger partial charge in [-0.1, -0.05) is 23.7 Å². The SMILES string of the molecule is CC(C)OC(=O)c1cccc(S(=O)(=O)N(C)c2cccc(Cl)c2)c1. The van der Waals surface area contributed by atoms with Crippen molar-refractivity contribution in [1.29, 1.82) is 0 Å². The van der Waals surface area contributed by atoms with Gasteiger partial charge in [0.25, 0.3) is 10.0 Å². The fourth-order valence-electron chi connectivity index (χ4n) is 2.03. The first-order valence-electron chi connectivity index (χ1n) is 7.27. The number of carbonyl (C=O) groups is 1. The van der Waals surface area contributed by atoms with E-state index in [4.69, 9.17) is 16.3 Å². The Morgan fingerprint density at radius 2 is 1.79 bits per heavy atom. The maximum atomic E-state index is 12.8. The van der Waals surface area contributed by atoms with E-state index in [0.29, 0.717) is 10.7 Å². The fraction of sp³-hybridized carbons (Fsp3) is 0.235. The molecule has 0 aliphatic heterocycles. The van der Waals surface area contributed by atoms with Crippen LogP contribution in [0.5, 0.6) is 0 Å². The molecule has 0 amide bonds. The van der Waals surface area contributed by atoms with Gasteiger partial charge in [0.15, 0.2) is 0 Å². The highest BCUT2D eigenvalue weighted by Gasteiger charge is 2.23. The molecule has 7 heteroatoms. The van der Waals surface area contributed by atoms with Gasteiger partial charge in [-0.3, -0.25) is 4.31 Å². The topological polar surface area (TPSA) is 63.7 Å². The van der Waals surface area contributed by atoms with Crippen LogP contribution in [0.1, 0.15) is 24.2 Å². The van der Waals surface area contributed by atoms with Gasteiger partial charge in [-0.15, -0.1) is 0 Å². The summed E-state index contributed by atoms with van der Waals surface area (Å²) >= 11 is 5.92. The lowest BCUT2D eigenvalue weighted by Gasteiger charge is -2.20. The van der Waals surface area contributed by atoms with Gasteiger partial charge in [-0.25, -0.2) is 13.2 Å². The predicted molar refractivity (Wildman–Crippen MR) is 94.0 cm³/mol. The molecule has 0 spiro atoms. The lowest BCUT2D eigenvalue weighted by atomic mass is 10.2. The molecule has 0 N–H and O–H groups in total. The molecular weight excluding hydrogens is 350 g/mol. The number of hydrogen-bond donors (Lipinski definition) is 0. The van der Waals surface area contributed by atoms with Crippen LogP contribution in [0, 0.1) is 0 Å². The molecule has 5 nitrogen and oxygen atoms in total. The number of sulfonamides is 1. The first-order valence-corrected chi connectivity index (χ1v) is 9.09. The summed E-state index contributed by atoms with van der Waals surface area (Å²) in [6.07, 6.45) is -0.285. The molecular formula is C17H18ClNO4S. The number of benzene rings is 2. The smallest absolute Gasteiger partial charge is 0.338 e. The summed E-state index contributed by atoms with van der Waals surface area (Å²) in [7, 11) is -2.40. The Kier molecular flexibility index (Phi) is 5.51. The third-order valence-corrected chi connectivity index (χ3v) is 5.26. The Morgan fingerprint density at radius 1 is 1.12 bits per heavy atom. The van der Waals surface area contributed by atoms with E-state index in [1.807, 2.05) is 0 Å². The zero-order valence-corrected chi connectivity index (χ0v) is 15.1. The van der Waals surface area contributed by atoms with E-state index < -0.39 is 16.0 Å². The maximum absolute atomic E-state index is 12.8. The summed E-state index contributed by atoms with van der Waals surface area (Å²) in [6.45, 7) is 3.46. The summed E-state index contributed by atoms with van der Waals surface area (Å²) in [5, 5.41) is 0.434. The Morgan fingerprint density at radius 3 is 2.42 bits per heavy atom. The Balaban J connectivity index is 2.37. The summed E-state index contributed by atoms with van der Waals surface area (Å²) in [5.74, 6) is -0.563. The van der Waals surface area contributed by atoms with Gasteiger partial charge in [0.2, 0.25) is 0 Å². The second-order valence-electron chi connectivity index (χ2n) is 5.43. The van der Waals surface area contributed by atoms with E-state index in [-0.39, 0.29) is 16.6 Å². The number of ether oxygens (including phenoxy) is 1. The van der Waals surface area contributed by atoms with Crippen LogP contribution in [-0.4, -0.2) is 27.5 Å². The minimum Gasteiger partial charge on any atom is -0.459 e. The van der Waals surface area contributed by atoms with Crippen LogP contribution < -0.4 is 4.31 Å². The predicted octanol–water partition coefficient (Wildman–Crippen LogP) is 3.73. The highest BCUT2D eigenvalue weighted by Crippen LogP contribution is 2.25. The van der Waals surface area contributed by atoms with Crippen molar-refractivity contribution in [3.8, 4) is 0 Å². The quantitative estimate of drug-likeness (QED) is 0.755. The number of carbonyl (C=O) groups excluding carboxylic acids is 1. The average molecular weight is 368 g/mol. The van der Waals surface area contributed by atoms with Crippen molar-refractivity contribution in [3.63, 3.8) is 0 Å². The molecule has 0 aliphatic rings. The Hall–Kier alpha value is -2.05.